The van der Waals surface area contributed by atoms with Crippen LogP contribution >= 0.6 is 0 Å². The quantitative estimate of drug-likeness (QED) is 0.751. The van der Waals surface area contributed by atoms with Crippen molar-refractivity contribution >= 4 is 0 Å². The first-order valence-corrected chi connectivity index (χ1v) is 9.32. The second-order valence-corrected chi connectivity index (χ2v) is 7.22. The third-order valence-corrected chi connectivity index (χ3v) is 5.24. The first kappa shape index (κ1) is 19.9. The fraction of sp³-hybridized carbons (Fsp3) is 0.550. The van der Waals surface area contributed by atoms with Crippen LogP contribution < -0.4 is 0 Å². The van der Waals surface area contributed by atoms with Crippen molar-refractivity contribution in [3.05, 3.63) is 53.6 Å². The SMILES string of the molecule is Cn1ccnc1C(C)(OCCN1CCCCC1)c1cccc(C(F)(F)F)c1. The van der Waals surface area contributed by atoms with E-state index >= 15 is 0 Å². The van der Waals surface area contributed by atoms with Crippen molar-refractivity contribution in [2.75, 3.05) is 26.2 Å². The number of benzene rings is 1. The van der Waals surface area contributed by atoms with Gasteiger partial charge in [0.2, 0.25) is 0 Å². The van der Waals surface area contributed by atoms with E-state index in [0.717, 1.165) is 31.8 Å². The Bertz CT molecular complexity index is 753. The monoisotopic (exact) mass is 381 g/mol. The van der Waals surface area contributed by atoms with E-state index in [-0.39, 0.29) is 0 Å². The second-order valence-electron chi connectivity index (χ2n) is 7.22. The van der Waals surface area contributed by atoms with E-state index in [9.17, 15) is 13.2 Å². The Morgan fingerprint density at radius 3 is 2.44 bits per heavy atom. The number of aryl methyl sites for hydroxylation is 1. The van der Waals surface area contributed by atoms with Crippen LogP contribution in [0.3, 0.4) is 0 Å². The lowest BCUT2D eigenvalue weighted by Crippen LogP contribution is -2.37. The summed E-state index contributed by atoms with van der Waals surface area (Å²) in [4.78, 5) is 6.71. The van der Waals surface area contributed by atoms with Crippen molar-refractivity contribution in [2.45, 2.75) is 38.0 Å². The van der Waals surface area contributed by atoms with Gasteiger partial charge in [-0.05, 0) is 50.6 Å². The predicted octanol–water partition coefficient (Wildman–Crippen LogP) is 4.20. The van der Waals surface area contributed by atoms with Gasteiger partial charge in [0.15, 0.2) is 0 Å². The molecule has 4 nitrogen and oxygen atoms in total. The Hall–Kier alpha value is -1.86. The highest BCUT2D eigenvalue weighted by molar-refractivity contribution is 5.34. The van der Waals surface area contributed by atoms with Gasteiger partial charge in [0, 0.05) is 26.0 Å². The van der Waals surface area contributed by atoms with Crippen LogP contribution in [-0.4, -0.2) is 40.7 Å². The number of imidazole rings is 1. The molecule has 1 aliphatic rings. The molecule has 1 saturated heterocycles. The summed E-state index contributed by atoms with van der Waals surface area (Å²) in [6.45, 7) is 5.08. The predicted molar refractivity (Wildman–Crippen MR) is 97.3 cm³/mol. The first-order valence-electron chi connectivity index (χ1n) is 9.32. The Morgan fingerprint density at radius 1 is 1.11 bits per heavy atom. The number of nitrogens with zero attached hydrogens (tertiary/aromatic N) is 3. The van der Waals surface area contributed by atoms with E-state index in [1.165, 1.54) is 25.3 Å². The average molecular weight is 381 g/mol. The number of halogens is 3. The van der Waals surface area contributed by atoms with Crippen LogP contribution in [0, 0.1) is 0 Å². The largest absolute Gasteiger partial charge is 0.416 e. The second kappa shape index (κ2) is 8.02. The van der Waals surface area contributed by atoms with Crippen LogP contribution in [0.4, 0.5) is 13.2 Å². The van der Waals surface area contributed by atoms with Crippen molar-refractivity contribution in [1.29, 1.82) is 0 Å². The number of rotatable bonds is 6. The molecule has 1 aromatic carbocycles. The van der Waals surface area contributed by atoms with Crippen LogP contribution in [-0.2, 0) is 23.6 Å². The van der Waals surface area contributed by atoms with Gasteiger partial charge in [0.25, 0.3) is 0 Å². The zero-order chi connectivity index (χ0) is 19.5. The van der Waals surface area contributed by atoms with Gasteiger partial charge in [0.1, 0.15) is 11.4 Å². The third kappa shape index (κ3) is 4.52. The molecule has 148 valence electrons. The Morgan fingerprint density at radius 2 is 1.81 bits per heavy atom. The maximum Gasteiger partial charge on any atom is 0.416 e. The Balaban J connectivity index is 1.86. The zero-order valence-corrected chi connectivity index (χ0v) is 15.8. The molecule has 1 aliphatic heterocycles. The highest BCUT2D eigenvalue weighted by Gasteiger charge is 2.37. The number of hydrogen-bond acceptors (Lipinski definition) is 3. The number of piperidine rings is 1. The van der Waals surface area contributed by atoms with Gasteiger partial charge in [-0.1, -0.05) is 18.6 Å². The molecule has 1 unspecified atom stereocenters. The molecular weight excluding hydrogens is 355 g/mol. The molecule has 2 heterocycles. The van der Waals surface area contributed by atoms with Gasteiger partial charge in [-0.3, -0.25) is 0 Å². The highest BCUT2D eigenvalue weighted by atomic mass is 19.4. The maximum atomic E-state index is 13.2. The van der Waals surface area contributed by atoms with Crippen LogP contribution in [0.2, 0.25) is 0 Å². The minimum absolute atomic E-state index is 0.430. The van der Waals surface area contributed by atoms with E-state index in [1.807, 2.05) is 7.05 Å². The molecule has 0 spiro atoms. The van der Waals surface area contributed by atoms with Gasteiger partial charge >= 0.3 is 6.18 Å². The highest BCUT2D eigenvalue weighted by Crippen LogP contribution is 2.36. The molecule has 2 aromatic rings. The van der Waals surface area contributed by atoms with Crippen LogP contribution in [0.1, 0.15) is 43.1 Å². The fourth-order valence-corrected chi connectivity index (χ4v) is 3.66. The van der Waals surface area contributed by atoms with E-state index in [0.29, 0.717) is 18.0 Å². The minimum atomic E-state index is -4.40. The molecule has 0 radical (unpaired) electrons. The normalized spacial score (nSPS) is 18.4. The summed E-state index contributed by atoms with van der Waals surface area (Å²) in [5.74, 6) is 0.584. The fourth-order valence-electron chi connectivity index (χ4n) is 3.66. The number of alkyl halides is 3. The average Bonchev–Trinajstić information content (AvgIpc) is 3.08. The summed E-state index contributed by atoms with van der Waals surface area (Å²) < 4.78 is 47.6. The van der Waals surface area contributed by atoms with Crippen molar-refractivity contribution in [1.82, 2.24) is 14.5 Å². The molecule has 0 saturated carbocycles. The first-order chi connectivity index (χ1) is 12.8. The molecule has 3 rings (SSSR count). The third-order valence-electron chi connectivity index (χ3n) is 5.24. The number of aromatic nitrogens is 2. The molecule has 1 aromatic heterocycles. The summed E-state index contributed by atoms with van der Waals surface area (Å²) in [6, 6.07) is 5.34. The summed E-state index contributed by atoms with van der Waals surface area (Å²) in [7, 11) is 1.82. The molecule has 7 heteroatoms. The maximum absolute atomic E-state index is 13.2. The van der Waals surface area contributed by atoms with E-state index in [4.69, 9.17) is 4.74 Å². The minimum Gasteiger partial charge on any atom is -0.361 e. The summed E-state index contributed by atoms with van der Waals surface area (Å²) in [6.07, 6.45) is 2.64. The molecule has 0 N–H and O–H groups in total. The summed E-state index contributed by atoms with van der Waals surface area (Å²) in [5.41, 5.74) is -1.29. The lowest BCUT2D eigenvalue weighted by Gasteiger charge is -2.32. The van der Waals surface area contributed by atoms with Crippen LogP contribution in [0.5, 0.6) is 0 Å². The van der Waals surface area contributed by atoms with Gasteiger partial charge in [-0.2, -0.15) is 13.2 Å². The molecule has 0 bridgehead atoms. The van der Waals surface area contributed by atoms with Gasteiger partial charge in [-0.15, -0.1) is 0 Å². The van der Waals surface area contributed by atoms with Crippen LogP contribution in [0.15, 0.2) is 36.7 Å². The lowest BCUT2D eigenvalue weighted by molar-refractivity contribution is -0.137. The van der Waals surface area contributed by atoms with Crippen molar-refractivity contribution in [2.24, 2.45) is 7.05 Å². The number of ether oxygens (including phenoxy) is 1. The molecule has 1 fully saturated rings. The van der Waals surface area contributed by atoms with Gasteiger partial charge in [0.05, 0.1) is 12.2 Å². The topological polar surface area (TPSA) is 30.3 Å². The summed E-state index contributed by atoms with van der Waals surface area (Å²) >= 11 is 0. The molecule has 1 atom stereocenters. The molecular formula is C20H26F3N3O. The van der Waals surface area contributed by atoms with Crippen molar-refractivity contribution in [3.63, 3.8) is 0 Å². The standard InChI is InChI=1S/C20H26F3N3O/c1-19(18-24-9-12-25(18)2,27-14-13-26-10-4-3-5-11-26)16-7-6-8-17(15-16)20(21,22)23/h6-9,12,15H,3-5,10-11,13-14H2,1-2H3. The summed E-state index contributed by atoms with van der Waals surface area (Å²) in [5, 5.41) is 0. The van der Waals surface area contributed by atoms with E-state index in [1.54, 1.807) is 30.0 Å². The Labute approximate surface area is 158 Å². The van der Waals surface area contributed by atoms with Crippen molar-refractivity contribution in [3.8, 4) is 0 Å². The zero-order valence-electron chi connectivity index (χ0n) is 15.8. The Kier molecular flexibility index (Phi) is 5.91. The molecule has 27 heavy (non-hydrogen) atoms. The van der Waals surface area contributed by atoms with Gasteiger partial charge in [-0.25, -0.2) is 4.98 Å². The molecule has 0 aliphatic carbocycles. The number of likely N-dealkylation sites (tertiary alicyclic amines) is 1. The van der Waals surface area contributed by atoms with Crippen LogP contribution in [0.25, 0.3) is 0 Å². The smallest absolute Gasteiger partial charge is 0.361 e. The van der Waals surface area contributed by atoms with E-state index in [2.05, 4.69) is 9.88 Å². The number of hydrogen-bond donors (Lipinski definition) is 0. The lowest BCUT2D eigenvalue weighted by atomic mass is 9.93. The van der Waals surface area contributed by atoms with Crippen molar-refractivity contribution < 1.29 is 17.9 Å². The van der Waals surface area contributed by atoms with Gasteiger partial charge < -0.3 is 14.2 Å². The molecule has 0 amide bonds. The van der Waals surface area contributed by atoms with E-state index < -0.39 is 17.3 Å².